The zero-order valence-electron chi connectivity index (χ0n) is 17.5. The molecule has 3 aromatic heterocycles. The van der Waals surface area contributed by atoms with Crippen LogP contribution in [0.15, 0.2) is 52.7 Å². The van der Waals surface area contributed by atoms with Crippen molar-refractivity contribution >= 4 is 20.7 Å². The van der Waals surface area contributed by atoms with E-state index in [1.54, 1.807) is 56.4 Å². The number of pyridine rings is 1. The van der Waals surface area contributed by atoms with Gasteiger partial charge in [0.15, 0.2) is 15.7 Å². The van der Waals surface area contributed by atoms with Crippen LogP contribution >= 0.6 is 0 Å². The van der Waals surface area contributed by atoms with Gasteiger partial charge >= 0.3 is 0 Å². The quantitative estimate of drug-likeness (QED) is 0.469. The smallest absolute Gasteiger partial charge is 0.261 e. The average molecular weight is 439 g/mol. The molecule has 0 bridgehead atoms. The van der Waals surface area contributed by atoms with E-state index < -0.39 is 9.84 Å². The predicted octanol–water partition coefficient (Wildman–Crippen LogP) is 2.20. The third-order valence-corrected chi connectivity index (χ3v) is 6.81. The van der Waals surface area contributed by atoms with Gasteiger partial charge < -0.3 is 9.30 Å². The van der Waals surface area contributed by atoms with Gasteiger partial charge in [0.2, 0.25) is 0 Å². The topological polar surface area (TPSA) is 109 Å². The number of rotatable bonds is 5. The Bertz CT molecular complexity index is 1470. The summed E-state index contributed by atoms with van der Waals surface area (Å²) in [6.07, 6.45) is 6.52. The summed E-state index contributed by atoms with van der Waals surface area (Å²) in [5, 5.41) is 4.46. The number of benzene rings is 1. The van der Waals surface area contributed by atoms with E-state index in [0.717, 1.165) is 0 Å². The summed E-state index contributed by atoms with van der Waals surface area (Å²) < 4.78 is 33.5. The standard InChI is InChI=1S/C21H21N5O4S/c1-5-31(28,29)14-6-7-18(30-4)15(8-14)17-12-25(2)21(27)16-10-22-20(24-19(16)17)13-9-23-26(3)11-13/h6-12H,5H2,1-4H3. The maximum atomic E-state index is 12.7. The molecule has 4 aromatic rings. The Labute approximate surface area is 178 Å². The Hall–Kier alpha value is -3.53. The van der Waals surface area contributed by atoms with Crippen molar-refractivity contribution in [1.82, 2.24) is 24.3 Å². The monoisotopic (exact) mass is 439 g/mol. The molecule has 31 heavy (non-hydrogen) atoms. The van der Waals surface area contributed by atoms with E-state index >= 15 is 0 Å². The van der Waals surface area contributed by atoms with Crippen LogP contribution in [0.2, 0.25) is 0 Å². The molecule has 3 heterocycles. The summed E-state index contributed by atoms with van der Waals surface area (Å²) in [7, 11) is 1.48. The molecule has 0 unspecified atom stereocenters. The fourth-order valence-corrected chi connectivity index (χ4v) is 4.28. The minimum atomic E-state index is -3.44. The van der Waals surface area contributed by atoms with Crippen molar-refractivity contribution < 1.29 is 13.2 Å². The van der Waals surface area contributed by atoms with Crippen LogP contribution in [-0.2, 0) is 23.9 Å². The normalized spacial score (nSPS) is 11.7. The second-order valence-electron chi connectivity index (χ2n) is 7.08. The van der Waals surface area contributed by atoms with Crippen LogP contribution in [0.5, 0.6) is 5.75 Å². The van der Waals surface area contributed by atoms with E-state index in [1.807, 2.05) is 0 Å². The third kappa shape index (κ3) is 3.59. The number of sulfone groups is 1. The van der Waals surface area contributed by atoms with Crippen molar-refractivity contribution in [3.8, 4) is 28.3 Å². The van der Waals surface area contributed by atoms with Crippen molar-refractivity contribution in [2.24, 2.45) is 14.1 Å². The Kier molecular flexibility index (Phi) is 5.10. The first-order valence-corrected chi connectivity index (χ1v) is 11.2. The van der Waals surface area contributed by atoms with Crippen molar-refractivity contribution in [2.75, 3.05) is 12.9 Å². The van der Waals surface area contributed by atoms with Gasteiger partial charge in [0.1, 0.15) is 5.75 Å². The van der Waals surface area contributed by atoms with Gasteiger partial charge in [-0.2, -0.15) is 5.10 Å². The van der Waals surface area contributed by atoms with E-state index in [4.69, 9.17) is 4.74 Å². The van der Waals surface area contributed by atoms with E-state index in [-0.39, 0.29) is 16.2 Å². The van der Waals surface area contributed by atoms with Crippen LogP contribution < -0.4 is 10.3 Å². The Morgan fingerprint density at radius 1 is 1.10 bits per heavy atom. The highest BCUT2D eigenvalue weighted by Gasteiger charge is 2.20. The largest absolute Gasteiger partial charge is 0.496 e. The number of ether oxygens (including phenoxy) is 1. The SMILES string of the molecule is CCS(=O)(=O)c1ccc(OC)c(-c2cn(C)c(=O)c3cnc(-c4cnn(C)c4)nc23)c1. The zero-order chi connectivity index (χ0) is 22.3. The molecule has 0 atom stereocenters. The second kappa shape index (κ2) is 7.62. The second-order valence-corrected chi connectivity index (χ2v) is 9.36. The summed E-state index contributed by atoms with van der Waals surface area (Å²) in [6, 6.07) is 4.68. The molecule has 1 aromatic carbocycles. The van der Waals surface area contributed by atoms with Crippen LogP contribution in [0.1, 0.15) is 6.92 Å². The first kappa shape index (κ1) is 20.7. The summed E-state index contributed by atoms with van der Waals surface area (Å²) in [4.78, 5) is 21.9. The molecule has 4 rings (SSSR count). The van der Waals surface area contributed by atoms with Gasteiger partial charge in [-0.05, 0) is 18.2 Å². The summed E-state index contributed by atoms with van der Waals surface area (Å²) in [6.45, 7) is 1.59. The number of nitrogens with zero attached hydrogens (tertiary/aromatic N) is 5. The maximum Gasteiger partial charge on any atom is 0.261 e. The number of aromatic nitrogens is 5. The highest BCUT2D eigenvalue weighted by Crippen LogP contribution is 2.35. The minimum absolute atomic E-state index is 0.0277. The van der Waals surface area contributed by atoms with Gasteiger partial charge in [-0.25, -0.2) is 18.4 Å². The van der Waals surface area contributed by atoms with E-state index in [9.17, 15) is 13.2 Å². The number of hydrogen-bond acceptors (Lipinski definition) is 7. The van der Waals surface area contributed by atoms with Crippen molar-refractivity contribution in [1.29, 1.82) is 0 Å². The average Bonchev–Trinajstić information content (AvgIpc) is 3.21. The summed E-state index contributed by atoms with van der Waals surface area (Å²) in [5.41, 5.74) is 1.93. The van der Waals surface area contributed by atoms with Crippen LogP contribution in [0.25, 0.3) is 33.4 Å². The molecule has 0 spiro atoms. The molecule has 0 aliphatic rings. The van der Waals surface area contributed by atoms with Gasteiger partial charge in [-0.3, -0.25) is 9.48 Å². The molecular weight excluding hydrogens is 418 g/mol. The fraction of sp³-hybridized carbons (Fsp3) is 0.238. The molecule has 0 aliphatic heterocycles. The van der Waals surface area contributed by atoms with Crippen molar-refractivity contribution in [3.05, 3.63) is 53.3 Å². The zero-order valence-corrected chi connectivity index (χ0v) is 18.3. The minimum Gasteiger partial charge on any atom is -0.496 e. The highest BCUT2D eigenvalue weighted by atomic mass is 32.2. The number of hydrogen-bond donors (Lipinski definition) is 0. The van der Waals surface area contributed by atoms with Gasteiger partial charge in [0, 0.05) is 43.8 Å². The van der Waals surface area contributed by atoms with Crippen molar-refractivity contribution in [3.63, 3.8) is 0 Å². The van der Waals surface area contributed by atoms with E-state index in [2.05, 4.69) is 15.1 Å². The van der Waals surface area contributed by atoms with E-state index in [1.165, 1.54) is 23.9 Å². The number of fused-ring (bicyclic) bond motifs is 1. The Morgan fingerprint density at radius 2 is 1.87 bits per heavy atom. The first-order valence-electron chi connectivity index (χ1n) is 9.51. The van der Waals surface area contributed by atoms with Crippen LogP contribution in [0, 0.1) is 0 Å². The molecule has 0 aliphatic carbocycles. The molecule has 0 N–H and O–H groups in total. The maximum absolute atomic E-state index is 12.7. The molecule has 0 saturated carbocycles. The van der Waals surface area contributed by atoms with Gasteiger partial charge in [0.05, 0.1) is 40.4 Å². The lowest BCUT2D eigenvalue weighted by atomic mass is 10.0. The molecular formula is C21H21N5O4S. The van der Waals surface area contributed by atoms with Crippen molar-refractivity contribution in [2.45, 2.75) is 11.8 Å². The molecule has 0 amide bonds. The molecule has 0 fully saturated rings. The summed E-state index contributed by atoms with van der Waals surface area (Å²) >= 11 is 0. The fourth-order valence-electron chi connectivity index (χ4n) is 3.38. The van der Waals surface area contributed by atoms with Crippen LogP contribution in [-0.4, -0.2) is 45.6 Å². The summed E-state index contributed by atoms with van der Waals surface area (Å²) in [5.74, 6) is 0.850. The van der Waals surface area contributed by atoms with Crippen LogP contribution in [0.3, 0.4) is 0 Å². The Balaban J connectivity index is 2.06. The number of methoxy groups -OCH3 is 1. The lowest BCUT2D eigenvalue weighted by Crippen LogP contribution is -2.17. The van der Waals surface area contributed by atoms with Crippen LogP contribution in [0.4, 0.5) is 0 Å². The predicted molar refractivity (Wildman–Crippen MR) is 117 cm³/mol. The van der Waals surface area contributed by atoms with Gasteiger partial charge in [0.25, 0.3) is 5.56 Å². The molecule has 10 heteroatoms. The molecule has 9 nitrogen and oxygen atoms in total. The lowest BCUT2D eigenvalue weighted by molar-refractivity contribution is 0.416. The van der Waals surface area contributed by atoms with Gasteiger partial charge in [-0.15, -0.1) is 0 Å². The van der Waals surface area contributed by atoms with E-state index in [0.29, 0.717) is 39.2 Å². The molecule has 0 radical (unpaired) electrons. The highest BCUT2D eigenvalue weighted by molar-refractivity contribution is 7.91. The molecule has 160 valence electrons. The Morgan fingerprint density at radius 3 is 2.52 bits per heavy atom. The van der Waals surface area contributed by atoms with Gasteiger partial charge in [-0.1, -0.05) is 6.92 Å². The third-order valence-electron chi connectivity index (χ3n) is 5.08. The lowest BCUT2D eigenvalue weighted by Gasteiger charge is -2.14. The first-order chi connectivity index (χ1) is 14.7. The number of aryl methyl sites for hydroxylation is 2. The molecule has 0 saturated heterocycles.